The van der Waals surface area contributed by atoms with E-state index in [1.165, 1.54) is 33.3 Å². The number of nitrogens with one attached hydrogen (secondary N) is 2. The van der Waals surface area contributed by atoms with E-state index in [9.17, 15) is 44.7 Å². The highest BCUT2D eigenvalue weighted by molar-refractivity contribution is 6.23. The van der Waals surface area contributed by atoms with E-state index in [0.29, 0.717) is 37.8 Å². The third-order valence-electron chi connectivity index (χ3n) is 10.0. The summed E-state index contributed by atoms with van der Waals surface area (Å²) >= 11 is 0. The van der Waals surface area contributed by atoms with Crippen molar-refractivity contribution in [1.29, 1.82) is 0 Å². The summed E-state index contributed by atoms with van der Waals surface area (Å²) in [4.78, 5) is 52.5. The smallest absolute Gasteiger partial charge is 0.405 e. The molecule has 3 rings (SSSR count). The van der Waals surface area contributed by atoms with E-state index in [2.05, 4.69) is 10.6 Å². The van der Waals surface area contributed by atoms with Gasteiger partial charge in [-0.25, -0.2) is 4.79 Å². The number of rotatable bonds is 12. The van der Waals surface area contributed by atoms with E-state index in [-0.39, 0.29) is 41.5 Å². The lowest BCUT2D eigenvalue weighted by atomic mass is 9.85. The molecule has 1 fully saturated rings. The number of Topliss-reactive ketones (excluding diaryl/α,β-unsaturated/α-hetero) is 1. The van der Waals surface area contributed by atoms with Crippen molar-refractivity contribution in [3.05, 3.63) is 58.5 Å². The molecule has 0 saturated carbocycles. The molecule has 9 N–H and O–H groups in total. The minimum Gasteiger partial charge on any atom is -0.439 e. The van der Waals surface area contributed by atoms with Gasteiger partial charge in [-0.2, -0.15) is 0 Å². The summed E-state index contributed by atoms with van der Waals surface area (Å²) in [5, 5.41) is 56.5. The molecular formula is C39H59N3O14. The Kier molecular flexibility index (Phi) is 18.5. The van der Waals surface area contributed by atoms with Gasteiger partial charge in [-0.3, -0.25) is 14.4 Å². The first-order valence-electron chi connectivity index (χ1n) is 18.8. The summed E-state index contributed by atoms with van der Waals surface area (Å²) in [6, 6.07) is 0. The fourth-order valence-corrected chi connectivity index (χ4v) is 6.80. The van der Waals surface area contributed by atoms with Gasteiger partial charge in [0.05, 0.1) is 30.2 Å². The Labute approximate surface area is 327 Å². The van der Waals surface area contributed by atoms with E-state index in [1.54, 1.807) is 26.0 Å². The molecule has 17 nitrogen and oxygen atoms in total. The van der Waals surface area contributed by atoms with Crippen LogP contribution in [-0.4, -0.2) is 138 Å². The third-order valence-corrected chi connectivity index (χ3v) is 10.0. The van der Waals surface area contributed by atoms with E-state index in [0.717, 1.165) is 6.08 Å². The topological polar surface area (TPSA) is 266 Å². The lowest BCUT2D eigenvalue weighted by Gasteiger charge is -2.39. The van der Waals surface area contributed by atoms with Gasteiger partial charge in [-0.15, -0.1) is 0 Å². The molecule has 2 aliphatic heterocycles. The number of carbonyl (C=O) groups excluding carboxylic acids is 4. The van der Waals surface area contributed by atoms with E-state index in [1.807, 2.05) is 6.92 Å². The van der Waals surface area contributed by atoms with Gasteiger partial charge < -0.3 is 65.6 Å². The summed E-state index contributed by atoms with van der Waals surface area (Å²) in [7, 11) is 2.88. The van der Waals surface area contributed by atoms with Gasteiger partial charge >= 0.3 is 6.09 Å². The number of primary amides is 1. The Morgan fingerprint density at radius 1 is 1.00 bits per heavy atom. The first kappa shape index (κ1) is 46.6. The number of aliphatic hydroxyl groups excluding tert-OH is 5. The molecule has 2 amide bonds. The van der Waals surface area contributed by atoms with Crippen LogP contribution in [0.25, 0.3) is 0 Å². The van der Waals surface area contributed by atoms with Crippen LogP contribution in [-0.2, 0) is 38.1 Å². The zero-order chi connectivity index (χ0) is 41.7. The molecule has 1 aliphatic carbocycles. The van der Waals surface area contributed by atoms with Gasteiger partial charge in [0.25, 0.3) is 5.91 Å². The van der Waals surface area contributed by atoms with Gasteiger partial charge in [0.15, 0.2) is 12.4 Å². The molecule has 11 atom stereocenters. The molecule has 2 bridgehead atoms. The molecule has 2 heterocycles. The van der Waals surface area contributed by atoms with Crippen molar-refractivity contribution in [3.8, 4) is 0 Å². The number of aliphatic hydroxyl groups is 5. The molecule has 56 heavy (non-hydrogen) atoms. The van der Waals surface area contributed by atoms with Crippen LogP contribution in [0.2, 0.25) is 0 Å². The molecule has 1 saturated heterocycles. The Morgan fingerprint density at radius 2 is 1.71 bits per heavy atom. The highest BCUT2D eigenvalue weighted by Gasteiger charge is 2.44. The average Bonchev–Trinajstić information content (AvgIpc) is 3.16. The molecule has 0 aromatic carbocycles. The van der Waals surface area contributed by atoms with Crippen molar-refractivity contribution in [2.24, 2.45) is 17.6 Å². The summed E-state index contributed by atoms with van der Waals surface area (Å²) < 4.78 is 27.6. The van der Waals surface area contributed by atoms with Crippen LogP contribution >= 0.6 is 0 Å². The lowest BCUT2D eigenvalue weighted by molar-refractivity contribution is -0.301. The van der Waals surface area contributed by atoms with E-state index >= 15 is 0 Å². The second-order valence-electron chi connectivity index (χ2n) is 14.5. The lowest BCUT2D eigenvalue weighted by Crippen LogP contribution is -2.59. The first-order chi connectivity index (χ1) is 26.5. The zero-order valence-electron chi connectivity index (χ0n) is 32.9. The van der Waals surface area contributed by atoms with Crippen LogP contribution in [0.1, 0.15) is 59.8 Å². The number of ketones is 2. The van der Waals surface area contributed by atoms with Gasteiger partial charge in [-0.1, -0.05) is 38.2 Å². The Hall–Kier alpha value is -3.78. The molecule has 314 valence electrons. The minimum atomic E-state index is -1.54. The summed E-state index contributed by atoms with van der Waals surface area (Å²) in [6.07, 6.45) is -1.90. The molecule has 3 aliphatic rings. The summed E-state index contributed by atoms with van der Waals surface area (Å²) in [5.74, 6) is -2.44. The van der Waals surface area contributed by atoms with Crippen LogP contribution < -0.4 is 16.4 Å². The SMILES string of the molecule is CO[C@H]1/C=C\C=C(/C)C(=O)NC2=CC(=O)C(NCCCCCO[C@@H]3O[C@H](CO)[C@H](O)[C@H](O)[C@H]3O)=C(C[C@@H](C)C[C@H](OC)[C@H](O)[C@@H](C)/C=C(\C)[C@@H]1OC(N)=O)C2=O. The molecular weight excluding hydrogens is 734 g/mol. The van der Waals surface area contributed by atoms with Crippen molar-refractivity contribution >= 4 is 23.6 Å². The number of hydrogen-bond acceptors (Lipinski definition) is 15. The zero-order valence-corrected chi connectivity index (χ0v) is 32.9. The standard InChI is InChI=1S/C39H59N3O14/c1-20-15-24-30(41-13-8-7-9-14-54-38-35(49)34(48)33(47)29(19-43)55-38)26(44)18-25(32(24)46)42-37(50)21(2)11-10-12-27(52-5)36(56-39(40)51)23(4)17-22(3)31(45)28(16-20)53-6/h10-12,17-18,20,22,27-29,31,33-36,38,41,43,45,47-49H,7-9,13-16,19H2,1-6H3,(H2,40,51)(H,42,50)/b12-10-,21-11+,23-17+/t20-,22+,27+,28+,29-,31-,33+,34+,35-,36+,38-/m1/s1. The highest BCUT2D eigenvalue weighted by atomic mass is 16.7. The van der Waals surface area contributed by atoms with Gasteiger partial charge in [0, 0.05) is 50.5 Å². The second kappa shape index (κ2) is 22.2. The maximum Gasteiger partial charge on any atom is 0.405 e. The number of ether oxygens (including phenoxy) is 5. The largest absolute Gasteiger partial charge is 0.439 e. The highest BCUT2D eigenvalue weighted by Crippen LogP contribution is 2.29. The molecule has 0 aromatic rings. The number of allylic oxidation sites excluding steroid dienone is 4. The van der Waals surface area contributed by atoms with Gasteiger partial charge in [0.2, 0.25) is 11.6 Å². The Bertz CT molecular complexity index is 1540. The van der Waals surface area contributed by atoms with E-state index in [4.69, 9.17) is 29.4 Å². The van der Waals surface area contributed by atoms with Crippen LogP contribution in [0.15, 0.2) is 58.5 Å². The van der Waals surface area contributed by atoms with Crippen molar-refractivity contribution in [2.45, 2.75) is 115 Å². The van der Waals surface area contributed by atoms with Crippen LogP contribution in [0, 0.1) is 11.8 Å². The van der Waals surface area contributed by atoms with Crippen LogP contribution in [0.3, 0.4) is 0 Å². The normalized spacial score (nSPS) is 35.1. The Morgan fingerprint density at radius 3 is 2.36 bits per heavy atom. The number of unbranched alkanes of at least 4 members (excludes halogenated alkanes) is 2. The van der Waals surface area contributed by atoms with Crippen molar-refractivity contribution in [3.63, 3.8) is 0 Å². The van der Waals surface area contributed by atoms with E-state index < -0.39 is 91.2 Å². The molecule has 0 unspecified atom stereocenters. The molecule has 17 heteroatoms. The third kappa shape index (κ3) is 12.6. The first-order valence-corrected chi connectivity index (χ1v) is 18.8. The van der Waals surface area contributed by atoms with Crippen molar-refractivity contribution in [1.82, 2.24) is 10.6 Å². The Balaban J connectivity index is 1.81. The predicted molar refractivity (Wildman–Crippen MR) is 201 cm³/mol. The molecule has 0 radical (unpaired) electrons. The maximum absolute atomic E-state index is 13.9. The maximum atomic E-state index is 13.9. The minimum absolute atomic E-state index is 0.103. The average molecular weight is 794 g/mol. The number of methoxy groups -OCH3 is 2. The number of carbonyl (C=O) groups is 4. The number of nitrogens with two attached hydrogens (primary N) is 1. The van der Waals surface area contributed by atoms with Crippen LogP contribution in [0.4, 0.5) is 4.79 Å². The quantitative estimate of drug-likeness (QED) is 0.0753. The fraction of sp³-hybridized carbons (Fsp3) is 0.641. The summed E-state index contributed by atoms with van der Waals surface area (Å²) in [5.41, 5.74) is 6.22. The monoisotopic (exact) mass is 793 g/mol. The molecule has 0 spiro atoms. The number of amides is 2. The van der Waals surface area contributed by atoms with Gasteiger partial charge in [0.1, 0.15) is 30.5 Å². The van der Waals surface area contributed by atoms with Crippen LogP contribution in [0.5, 0.6) is 0 Å². The summed E-state index contributed by atoms with van der Waals surface area (Å²) in [6.45, 7) is 6.76. The molecule has 0 aromatic heterocycles. The number of fused-ring (bicyclic) bond motifs is 2. The van der Waals surface area contributed by atoms with Gasteiger partial charge in [-0.05, 0) is 57.4 Å². The van der Waals surface area contributed by atoms with Crippen molar-refractivity contribution in [2.75, 3.05) is 34.0 Å². The predicted octanol–water partition coefficient (Wildman–Crippen LogP) is 0.338. The van der Waals surface area contributed by atoms with Crippen molar-refractivity contribution < 1.29 is 68.4 Å². The fourth-order valence-electron chi connectivity index (χ4n) is 6.80. The second-order valence-corrected chi connectivity index (χ2v) is 14.5. The number of hydrogen-bond donors (Lipinski definition) is 8.